The Morgan fingerprint density at radius 3 is 2.50 bits per heavy atom. The SMILES string of the molecule is Nc1cc(F)c(S(=O)(=O)NCC2(O)CCOC2)c(F)c1. The van der Waals surface area contributed by atoms with Crippen LogP contribution < -0.4 is 10.5 Å². The summed E-state index contributed by atoms with van der Waals surface area (Å²) in [7, 11) is -4.44. The molecule has 0 aliphatic carbocycles. The predicted octanol–water partition coefficient (Wildman–Crippen LogP) is -0.0233. The maximum absolute atomic E-state index is 13.6. The molecular formula is C11H14F2N2O4S. The van der Waals surface area contributed by atoms with Gasteiger partial charge in [0.1, 0.15) is 17.2 Å². The molecule has 1 fully saturated rings. The van der Waals surface area contributed by atoms with E-state index in [1.54, 1.807) is 0 Å². The Hall–Kier alpha value is -1.29. The van der Waals surface area contributed by atoms with Gasteiger partial charge in [0.05, 0.1) is 6.61 Å². The molecule has 0 spiro atoms. The largest absolute Gasteiger partial charge is 0.399 e. The van der Waals surface area contributed by atoms with Gasteiger partial charge in [-0.2, -0.15) is 0 Å². The van der Waals surface area contributed by atoms with Crippen molar-refractivity contribution in [1.82, 2.24) is 4.72 Å². The Morgan fingerprint density at radius 1 is 1.40 bits per heavy atom. The highest BCUT2D eigenvalue weighted by atomic mass is 32.2. The fourth-order valence-corrected chi connectivity index (χ4v) is 3.11. The number of ether oxygens (including phenoxy) is 1. The minimum absolute atomic E-state index is 0.0395. The van der Waals surface area contributed by atoms with Crippen LogP contribution in [0.2, 0.25) is 0 Å². The minimum atomic E-state index is -4.44. The van der Waals surface area contributed by atoms with Crippen LogP contribution in [0.4, 0.5) is 14.5 Å². The molecule has 0 amide bonds. The molecule has 1 aliphatic rings. The molecule has 1 atom stereocenters. The van der Waals surface area contributed by atoms with Crippen molar-refractivity contribution in [3.05, 3.63) is 23.8 Å². The van der Waals surface area contributed by atoms with Crippen molar-refractivity contribution < 1.29 is 27.0 Å². The van der Waals surface area contributed by atoms with Gasteiger partial charge in [0, 0.05) is 25.3 Å². The maximum Gasteiger partial charge on any atom is 0.246 e. The van der Waals surface area contributed by atoms with Gasteiger partial charge in [0.25, 0.3) is 0 Å². The van der Waals surface area contributed by atoms with E-state index in [1.165, 1.54) is 0 Å². The fourth-order valence-electron chi connectivity index (χ4n) is 1.87. The molecule has 112 valence electrons. The second-order valence-corrected chi connectivity index (χ2v) is 6.37. The van der Waals surface area contributed by atoms with E-state index in [9.17, 15) is 22.3 Å². The lowest BCUT2D eigenvalue weighted by Crippen LogP contribution is -2.43. The molecule has 6 nitrogen and oxygen atoms in total. The van der Waals surface area contributed by atoms with Gasteiger partial charge < -0.3 is 15.6 Å². The first-order chi connectivity index (χ1) is 9.23. The van der Waals surface area contributed by atoms with Crippen molar-refractivity contribution >= 4 is 15.7 Å². The van der Waals surface area contributed by atoms with Crippen LogP contribution in [0.15, 0.2) is 17.0 Å². The molecule has 0 saturated carbocycles. The molecule has 1 saturated heterocycles. The summed E-state index contributed by atoms with van der Waals surface area (Å²) in [6, 6.07) is 1.43. The Labute approximate surface area is 114 Å². The topological polar surface area (TPSA) is 102 Å². The van der Waals surface area contributed by atoms with Crippen LogP contribution in [0.1, 0.15) is 6.42 Å². The molecule has 0 aromatic heterocycles. The Balaban J connectivity index is 2.23. The zero-order valence-corrected chi connectivity index (χ0v) is 11.2. The molecular weight excluding hydrogens is 294 g/mol. The van der Waals surface area contributed by atoms with Gasteiger partial charge in [-0.25, -0.2) is 21.9 Å². The van der Waals surface area contributed by atoms with Crippen LogP contribution in [0, 0.1) is 11.6 Å². The lowest BCUT2D eigenvalue weighted by molar-refractivity contribution is 0.0314. The van der Waals surface area contributed by atoms with Crippen molar-refractivity contribution in [2.45, 2.75) is 16.9 Å². The number of nitrogen functional groups attached to an aromatic ring is 1. The third-order valence-electron chi connectivity index (χ3n) is 2.96. The predicted molar refractivity (Wildman–Crippen MR) is 66.3 cm³/mol. The van der Waals surface area contributed by atoms with Gasteiger partial charge in [-0.05, 0) is 12.1 Å². The minimum Gasteiger partial charge on any atom is -0.399 e. The summed E-state index contributed by atoms with van der Waals surface area (Å²) in [5.41, 5.74) is 3.63. The smallest absolute Gasteiger partial charge is 0.246 e. The molecule has 1 heterocycles. The zero-order chi connectivity index (χ0) is 15.0. The lowest BCUT2D eigenvalue weighted by Gasteiger charge is -2.20. The van der Waals surface area contributed by atoms with Gasteiger partial charge in [0.15, 0.2) is 4.90 Å². The Morgan fingerprint density at radius 2 is 2.00 bits per heavy atom. The fraction of sp³-hybridized carbons (Fsp3) is 0.455. The molecule has 0 bridgehead atoms. The van der Waals surface area contributed by atoms with Gasteiger partial charge >= 0.3 is 0 Å². The summed E-state index contributed by atoms with van der Waals surface area (Å²) in [5.74, 6) is -2.57. The molecule has 0 radical (unpaired) electrons. The standard InChI is InChI=1S/C11H14F2N2O4S/c12-8-3-7(14)4-9(13)10(8)20(17,18)15-5-11(16)1-2-19-6-11/h3-4,15-16H,1-2,5-6,14H2. The monoisotopic (exact) mass is 308 g/mol. The molecule has 2 rings (SSSR count). The van der Waals surface area contributed by atoms with E-state index < -0.39 is 38.7 Å². The average Bonchev–Trinajstić information content (AvgIpc) is 2.73. The Bertz CT molecular complexity index is 592. The number of halogens is 2. The number of benzene rings is 1. The highest BCUT2D eigenvalue weighted by Gasteiger charge is 2.35. The summed E-state index contributed by atoms with van der Waals surface area (Å²) in [6.07, 6.45) is 0.238. The molecule has 1 aromatic carbocycles. The van der Waals surface area contributed by atoms with Crippen molar-refractivity contribution in [2.24, 2.45) is 0 Å². The maximum atomic E-state index is 13.6. The first kappa shape index (κ1) is 15.1. The van der Waals surface area contributed by atoms with Gasteiger partial charge in [0.2, 0.25) is 10.0 Å². The molecule has 1 aliphatic heterocycles. The number of nitrogens with two attached hydrogens (primary N) is 1. The molecule has 1 aromatic rings. The van der Waals surface area contributed by atoms with Crippen LogP contribution in [-0.4, -0.2) is 38.9 Å². The zero-order valence-electron chi connectivity index (χ0n) is 10.4. The number of hydrogen-bond donors (Lipinski definition) is 3. The Kier molecular flexibility index (Phi) is 3.96. The van der Waals surface area contributed by atoms with Crippen LogP contribution in [0.3, 0.4) is 0 Å². The molecule has 9 heteroatoms. The van der Waals surface area contributed by atoms with Crippen molar-refractivity contribution in [3.8, 4) is 0 Å². The third kappa shape index (κ3) is 3.06. The van der Waals surface area contributed by atoms with Gasteiger partial charge in [-0.3, -0.25) is 0 Å². The molecule has 1 unspecified atom stereocenters. The van der Waals surface area contributed by atoms with Crippen LogP contribution >= 0.6 is 0 Å². The molecule has 4 N–H and O–H groups in total. The first-order valence-corrected chi connectivity index (χ1v) is 7.26. The molecule has 20 heavy (non-hydrogen) atoms. The van der Waals surface area contributed by atoms with Crippen molar-refractivity contribution in [2.75, 3.05) is 25.5 Å². The number of aliphatic hydroxyl groups is 1. The first-order valence-electron chi connectivity index (χ1n) is 5.78. The van der Waals surface area contributed by atoms with Gasteiger partial charge in [-0.15, -0.1) is 0 Å². The van der Waals surface area contributed by atoms with E-state index in [-0.39, 0.29) is 18.7 Å². The number of hydrogen-bond acceptors (Lipinski definition) is 5. The van der Waals surface area contributed by atoms with E-state index >= 15 is 0 Å². The van der Waals surface area contributed by atoms with Crippen molar-refractivity contribution in [1.29, 1.82) is 0 Å². The summed E-state index contributed by atoms with van der Waals surface area (Å²) >= 11 is 0. The summed E-state index contributed by atoms with van der Waals surface area (Å²) in [5, 5.41) is 9.92. The van der Waals surface area contributed by atoms with E-state index in [0.29, 0.717) is 18.7 Å². The summed E-state index contributed by atoms with van der Waals surface area (Å²) in [4.78, 5) is -1.12. The van der Waals surface area contributed by atoms with E-state index in [1.807, 2.05) is 4.72 Å². The highest BCUT2D eigenvalue weighted by Crippen LogP contribution is 2.23. The quantitative estimate of drug-likeness (QED) is 0.678. The summed E-state index contributed by atoms with van der Waals surface area (Å²) < 4.78 is 57.9. The van der Waals surface area contributed by atoms with Crippen LogP contribution in [-0.2, 0) is 14.8 Å². The third-order valence-corrected chi connectivity index (χ3v) is 4.41. The van der Waals surface area contributed by atoms with Gasteiger partial charge in [-0.1, -0.05) is 0 Å². The van der Waals surface area contributed by atoms with Crippen molar-refractivity contribution in [3.63, 3.8) is 0 Å². The van der Waals surface area contributed by atoms with Crippen LogP contribution in [0.5, 0.6) is 0 Å². The average molecular weight is 308 g/mol. The van der Waals surface area contributed by atoms with E-state index in [4.69, 9.17) is 10.5 Å². The lowest BCUT2D eigenvalue weighted by atomic mass is 10.1. The highest BCUT2D eigenvalue weighted by molar-refractivity contribution is 7.89. The van der Waals surface area contributed by atoms with E-state index in [0.717, 1.165) is 0 Å². The summed E-state index contributed by atoms with van der Waals surface area (Å²) in [6.45, 7) is -0.135. The second-order valence-electron chi connectivity index (χ2n) is 4.67. The number of nitrogens with one attached hydrogen (secondary N) is 1. The second kappa shape index (κ2) is 5.24. The number of anilines is 1. The number of sulfonamides is 1. The van der Waals surface area contributed by atoms with E-state index in [2.05, 4.69) is 0 Å². The van der Waals surface area contributed by atoms with Crippen LogP contribution in [0.25, 0.3) is 0 Å². The number of rotatable bonds is 4. The normalized spacial score (nSPS) is 23.1.